The summed E-state index contributed by atoms with van der Waals surface area (Å²) < 4.78 is 10.8. The topological polar surface area (TPSA) is 18.5 Å². The van der Waals surface area contributed by atoms with E-state index in [1.54, 1.807) is 14.2 Å². The van der Waals surface area contributed by atoms with Crippen LogP contribution < -0.4 is 9.47 Å². The van der Waals surface area contributed by atoms with E-state index in [2.05, 4.69) is 76.2 Å². The molecule has 1 fully saturated rings. The first kappa shape index (κ1) is 20.8. The van der Waals surface area contributed by atoms with Crippen LogP contribution in [0.3, 0.4) is 0 Å². The lowest BCUT2D eigenvalue weighted by molar-refractivity contribution is -0.0996. The third kappa shape index (κ3) is 2.93. The summed E-state index contributed by atoms with van der Waals surface area (Å²) in [7, 11) is 3.47. The van der Waals surface area contributed by atoms with Crippen LogP contribution in [0, 0.1) is 5.41 Å². The second kappa shape index (κ2) is 7.81. The van der Waals surface area contributed by atoms with Crippen LogP contribution in [-0.4, -0.2) is 14.2 Å². The van der Waals surface area contributed by atoms with E-state index in [-0.39, 0.29) is 16.2 Å². The predicted octanol–water partition coefficient (Wildman–Crippen LogP) is 6.91. The fourth-order valence-electron chi connectivity index (χ4n) is 6.00. The van der Waals surface area contributed by atoms with Gasteiger partial charge in [0.15, 0.2) is 0 Å². The van der Waals surface area contributed by atoms with Crippen molar-refractivity contribution in [2.45, 2.75) is 70.6 Å². The van der Waals surface area contributed by atoms with Gasteiger partial charge in [-0.1, -0.05) is 64.8 Å². The fourth-order valence-corrected chi connectivity index (χ4v) is 6.00. The maximum atomic E-state index is 5.40. The Morgan fingerprint density at radius 2 is 1.04 bits per heavy atom. The van der Waals surface area contributed by atoms with E-state index in [9.17, 15) is 0 Å². The molecule has 0 radical (unpaired) electrons. The highest BCUT2D eigenvalue weighted by Crippen LogP contribution is 2.72. The van der Waals surface area contributed by atoms with E-state index >= 15 is 0 Å². The van der Waals surface area contributed by atoms with E-state index in [1.807, 2.05) is 0 Å². The van der Waals surface area contributed by atoms with Gasteiger partial charge in [0, 0.05) is 10.8 Å². The summed E-state index contributed by atoms with van der Waals surface area (Å²) in [6.45, 7) is 9.62. The first-order valence-electron chi connectivity index (χ1n) is 10.7. The smallest absolute Gasteiger partial charge is 0.118 e. The maximum Gasteiger partial charge on any atom is 0.118 e. The normalized spacial score (nSPS) is 25.8. The van der Waals surface area contributed by atoms with Gasteiger partial charge in [-0.15, -0.1) is 0 Å². The van der Waals surface area contributed by atoms with E-state index in [4.69, 9.17) is 9.47 Å². The van der Waals surface area contributed by atoms with Crippen molar-refractivity contribution < 1.29 is 9.47 Å². The lowest BCUT2D eigenvalue weighted by Gasteiger charge is -2.70. The molecule has 2 aromatic carbocycles. The molecule has 2 aromatic rings. The summed E-state index contributed by atoms with van der Waals surface area (Å²) in [6, 6.07) is 17.7. The molecule has 2 nitrogen and oxygen atoms in total. The van der Waals surface area contributed by atoms with Crippen molar-refractivity contribution in [3.05, 3.63) is 59.7 Å². The van der Waals surface area contributed by atoms with Gasteiger partial charge >= 0.3 is 0 Å². The van der Waals surface area contributed by atoms with Crippen LogP contribution in [0.1, 0.15) is 70.9 Å². The van der Waals surface area contributed by atoms with Gasteiger partial charge in [0.25, 0.3) is 0 Å². The quantitative estimate of drug-likeness (QED) is 0.495. The molecule has 28 heavy (non-hydrogen) atoms. The van der Waals surface area contributed by atoms with Gasteiger partial charge in [0.05, 0.1) is 14.2 Å². The van der Waals surface area contributed by atoms with E-state index in [1.165, 1.54) is 43.2 Å². The Morgan fingerprint density at radius 1 is 0.679 bits per heavy atom. The predicted molar refractivity (Wildman–Crippen MR) is 118 cm³/mol. The molecule has 0 saturated heterocycles. The lowest BCUT2D eigenvalue weighted by Crippen LogP contribution is -2.67. The molecule has 0 amide bonds. The highest BCUT2D eigenvalue weighted by atomic mass is 16.5. The molecule has 152 valence electrons. The number of hydrogen-bond acceptors (Lipinski definition) is 2. The molecule has 0 aromatic heterocycles. The Bertz CT molecular complexity index is 710. The largest absolute Gasteiger partial charge is 0.497 e. The summed E-state index contributed by atoms with van der Waals surface area (Å²) in [6.07, 6.45) is 6.02. The molecule has 0 spiro atoms. The first-order chi connectivity index (χ1) is 13.4. The van der Waals surface area contributed by atoms with Gasteiger partial charge in [-0.3, -0.25) is 0 Å². The molecular formula is C26H36O2. The van der Waals surface area contributed by atoms with Crippen LogP contribution in [-0.2, 0) is 10.8 Å². The number of benzene rings is 2. The third-order valence-corrected chi connectivity index (χ3v) is 7.64. The summed E-state index contributed by atoms with van der Waals surface area (Å²) in [4.78, 5) is 0. The highest BCUT2D eigenvalue weighted by molar-refractivity contribution is 5.47. The molecule has 1 saturated carbocycles. The van der Waals surface area contributed by atoms with Crippen molar-refractivity contribution in [3.63, 3.8) is 0 Å². The van der Waals surface area contributed by atoms with Gasteiger partial charge in [-0.2, -0.15) is 0 Å². The molecule has 2 unspecified atom stereocenters. The van der Waals surface area contributed by atoms with Gasteiger partial charge in [-0.25, -0.2) is 0 Å². The zero-order chi connectivity index (χ0) is 20.4. The number of rotatable bonds is 8. The average Bonchev–Trinajstić information content (AvgIpc) is 2.72. The molecular weight excluding hydrogens is 344 g/mol. The van der Waals surface area contributed by atoms with Crippen molar-refractivity contribution in [3.8, 4) is 11.5 Å². The SMILES string of the molecule is CCCC1(c2ccc(OC)cc2)CC(CCC)(c2ccc(OC)cc2)C1(C)C. The van der Waals surface area contributed by atoms with Crippen LogP contribution in [0.5, 0.6) is 11.5 Å². The minimum atomic E-state index is 0.162. The monoisotopic (exact) mass is 380 g/mol. The second-order valence-electron chi connectivity index (χ2n) is 8.92. The zero-order valence-electron chi connectivity index (χ0n) is 18.5. The van der Waals surface area contributed by atoms with E-state index < -0.39 is 0 Å². The number of ether oxygens (including phenoxy) is 2. The Morgan fingerprint density at radius 3 is 1.29 bits per heavy atom. The van der Waals surface area contributed by atoms with Crippen molar-refractivity contribution >= 4 is 0 Å². The van der Waals surface area contributed by atoms with Crippen molar-refractivity contribution in [2.75, 3.05) is 14.2 Å². The lowest BCUT2D eigenvalue weighted by atomic mass is 9.33. The summed E-state index contributed by atoms with van der Waals surface area (Å²) in [5, 5.41) is 0. The summed E-state index contributed by atoms with van der Waals surface area (Å²) in [5.74, 6) is 1.87. The highest BCUT2D eigenvalue weighted by Gasteiger charge is 2.68. The molecule has 2 atom stereocenters. The van der Waals surface area contributed by atoms with Crippen molar-refractivity contribution in [2.24, 2.45) is 5.41 Å². The van der Waals surface area contributed by atoms with Crippen LogP contribution in [0.2, 0.25) is 0 Å². The average molecular weight is 381 g/mol. The fraction of sp³-hybridized carbons (Fsp3) is 0.538. The molecule has 1 aliphatic carbocycles. The second-order valence-corrected chi connectivity index (χ2v) is 8.92. The van der Waals surface area contributed by atoms with E-state index in [0.29, 0.717) is 0 Å². The van der Waals surface area contributed by atoms with Crippen LogP contribution >= 0.6 is 0 Å². The Balaban J connectivity index is 2.07. The van der Waals surface area contributed by atoms with Gasteiger partial charge < -0.3 is 9.47 Å². The Hall–Kier alpha value is -1.96. The van der Waals surface area contributed by atoms with Gasteiger partial charge in [-0.05, 0) is 60.1 Å². The minimum absolute atomic E-state index is 0.162. The summed E-state index contributed by atoms with van der Waals surface area (Å²) in [5.41, 5.74) is 3.47. The zero-order valence-corrected chi connectivity index (χ0v) is 18.5. The van der Waals surface area contributed by atoms with Crippen molar-refractivity contribution in [1.82, 2.24) is 0 Å². The molecule has 1 aliphatic rings. The molecule has 0 bridgehead atoms. The number of methoxy groups -OCH3 is 2. The molecule has 2 heteroatoms. The number of hydrogen-bond donors (Lipinski definition) is 0. The molecule has 0 heterocycles. The third-order valence-electron chi connectivity index (χ3n) is 7.64. The Kier molecular flexibility index (Phi) is 5.79. The summed E-state index contributed by atoms with van der Waals surface area (Å²) >= 11 is 0. The minimum Gasteiger partial charge on any atom is -0.497 e. The standard InChI is InChI=1S/C26H36O2/c1-7-17-25(20-9-13-22(27-5)14-10-20)19-26(18-8-2,24(25,3)4)21-11-15-23(28-6)16-12-21/h9-16H,7-8,17-19H2,1-6H3. The van der Waals surface area contributed by atoms with Gasteiger partial charge in [0.2, 0.25) is 0 Å². The molecule has 3 rings (SSSR count). The van der Waals surface area contributed by atoms with Crippen molar-refractivity contribution in [1.29, 1.82) is 0 Å². The molecule has 0 N–H and O–H groups in total. The van der Waals surface area contributed by atoms with E-state index in [0.717, 1.165) is 11.5 Å². The van der Waals surface area contributed by atoms with Crippen LogP contribution in [0.15, 0.2) is 48.5 Å². The van der Waals surface area contributed by atoms with Gasteiger partial charge in [0.1, 0.15) is 11.5 Å². The Labute approximate surface area is 171 Å². The molecule has 0 aliphatic heterocycles. The van der Waals surface area contributed by atoms with Crippen LogP contribution in [0.4, 0.5) is 0 Å². The first-order valence-corrected chi connectivity index (χ1v) is 10.7. The maximum absolute atomic E-state index is 5.40. The van der Waals surface area contributed by atoms with Crippen LogP contribution in [0.25, 0.3) is 0 Å².